The third-order valence-corrected chi connectivity index (χ3v) is 3.92. The van der Waals surface area contributed by atoms with Gasteiger partial charge in [0.1, 0.15) is 5.69 Å². The van der Waals surface area contributed by atoms with Crippen LogP contribution in [-0.4, -0.2) is 48.9 Å². The van der Waals surface area contributed by atoms with E-state index in [9.17, 15) is 13.6 Å². The lowest BCUT2D eigenvalue weighted by atomic mass is 10.0. The third kappa shape index (κ3) is 3.30. The van der Waals surface area contributed by atoms with Crippen LogP contribution in [0.2, 0.25) is 0 Å². The number of halogens is 2. The van der Waals surface area contributed by atoms with Crippen LogP contribution in [0.3, 0.4) is 0 Å². The molecule has 1 aliphatic heterocycles. The number of anilines is 1. The summed E-state index contributed by atoms with van der Waals surface area (Å²) in [5.41, 5.74) is 1.52. The van der Waals surface area contributed by atoms with Crippen LogP contribution in [0, 0.1) is 11.6 Å². The molecule has 0 aliphatic carbocycles. The highest BCUT2D eigenvalue weighted by Gasteiger charge is 2.25. The highest BCUT2D eigenvalue weighted by atomic mass is 19.1. The van der Waals surface area contributed by atoms with Gasteiger partial charge in [-0.05, 0) is 39.1 Å². The number of carbonyl (C=O) groups is 1. The molecule has 0 unspecified atom stereocenters. The second kappa shape index (κ2) is 6.36. The summed E-state index contributed by atoms with van der Waals surface area (Å²) in [6.45, 7) is 1.17. The predicted octanol–water partition coefficient (Wildman–Crippen LogP) is 1.42. The van der Waals surface area contributed by atoms with E-state index in [0.29, 0.717) is 19.1 Å². The van der Waals surface area contributed by atoms with E-state index in [2.05, 4.69) is 4.90 Å². The second-order valence-corrected chi connectivity index (χ2v) is 5.45. The van der Waals surface area contributed by atoms with E-state index in [0.717, 1.165) is 25.0 Å². The minimum absolute atomic E-state index is 0.00676. The van der Waals surface area contributed by atoms with Gasteiger partial charge in [0.25, 0.3) is 5.91 Å². The van der Waals surface area contributed by atoms with Crippen molar-refractivity contribution in [3.05, 3.63) is 29.3 Å². The third-order valence-electron chi connectivity index (χ3n) is 3.92. The van der Waals surface area contributed by atoms with Gasteiger partial charge in [0.2, 0.25) is 0 Å². The summed E-state index contributed by atoms with van der Waals surface area (Å²) in [5.74, 6) is 2.94. The van der Waals surface area contributed by atoms with E-state index in [4.69, 9.17) is 5.84 Å². The Morgan fingerprint density at radius 3 is 2.24 bits per heavy atom. The molecule has 2 rings (SSSR count). The molecule has 0 radical (unpaired) electrons. The predicted molar refractivity (Wildman–Crippen MR) is 76.8 cm³/mol. The zero-order valence-corrected chi connectivity index (χ0v) is 12.2. The molecule has 5 nitrogen and oxygen atoms in total. The van der Waals surface area contributed by atoms with Crippen molar-refractivity contribution in [1.82, 2.24) is 9.80 Å². The fourth-order valence-corrected chi connectivity index (χ4v) is 2.60. The van der Waals surface area contributed by atoms with Crippen LogP contribution in [0.1, 0.15) is 23.2 Å². The van der Waals surface area contributed by atoms with E-state index in [-0.39, 0.29) is 11.5 Å². The summed E-state index contributed by atoms with van der Waals surface area (Å²) in [6, 6.07) is 2.46. The molecule has 1 aliphatic rings. The number of hydrazine groups is 1. The van der Waals surface area contributed by atoms with Crippen LogP contribution in [0.5, 0.6) is 0 Å². The largest absolute Gasteiger partial charge is 0.339 e. The van der Waals surface area contributed by atoms with Crippen molar-refractivity contribution in [2.24, 2.45) is 5.84 Å². The molecule has 1 fully saturated rings. The van der Waals surface area contributed by atoms with Crippen molar-refractivity contribution in [2.45, 2.75) is 18.9 Å². The number of hydrogen-bond acceptors (Lipinski definition) is 4. The molecular weight excluding hydrogens is 278 g/mol. The van der Waals surface area contributed by atoms with Crippen molar-refractivity contribution in [1.29, 1.82) is 0 Å². The number of rotatable bonds is 3. The summed E-state index contributed by atoms with van der Waals surface area (Å²) < 4.78 is 27.3. The first-order valence-electron chi connectivity index (χ1n) is 6.85. The summed E-state index contributed by atoms with van der Waals surface area (Å²) >= 11 is 0. The van der Waals surface area contributed by atoms with Crippen molar-refractivity contribution in [3.63, 3.8) is 0 Å². The molecular formula is C14H20F2N4O. The number of likely N-dealkylation sites (tertiary alicyclic amines) is 1. The summed E-state index contributed by atoms with van der Waals surface area (Å²) in [6.07, 6.45) is 1.71. The number of nitrogens with two attached hydrogens (primary N) is 1. The zero-order valence-electron chi connectivity index (χ0n) is 12.2. The summed E-state index contributed by atoms with van der Waals surface area (Å²) in [7, 11) is 4.01. The topological polar surface area (TPSA) is 61.6 Å². The lowest BCUT2D eigenvalue weighted by Gasteiger charge is -2.35. The van der Waals surface area contributed by atoms with E-state index >= 15 is 0 Å². The Balaban J connectivity index is 2.11. The SMILES string of the molecule is CN(C)C1CCN(C(=O)c2cc(F)c(NN)c(F)c2)CC1. The first-order valence-corrected chi connectivity index (χ1v) is 6.85. The number of nitrogens with one attached hydrogen (secondary N) is 1. The molecule has 1 heterocycles. The van der Waals surface area contributed by atoms with Gasteiger partial charge in [-0.25, -0.2) is 8.78 Å². The van der Waals surface area contributed by atoms with Crippen LogP contribution in [0.25, 0.3) is 0 Å². The Labute approximate surface area is 122 Å². The highest BCUT2D eigenvalue weighted by molar-refractivity contribution is 5.94. The fourth-order valence-electron chi connectivity index (χ4n) is 2.60. The van der Waals surface area contributed by atoms with Gasteiger partial charge in [-0.3, -0.25) is 10.6 Å². The van der Waals surface area contributed by atoms with E-state index in [1.54, 1.807) is 4.90 Å². The number of nitrogens with zero attached hydrogens (tertiary/aromatic N) is 2. The Hall–Kier alpha value is -1.73. The van der Waals surface area contributed by atoms with Crippen LogP contribution < -0.4 is 11.3 Å². The Kier molecular flexibility index (Phi) is 4.74. The molecule has 0 bridgehead atoms. The van der Waals surface area contributed by atoms with Crippen LogP contribution in [-0.2, 0) is 0 Å². The second-order valence-electron chi connectivity index (χ2n) is 5.45. The number of carbonyl (C=O) groups excluding carboxylic acids is 1. The number of hydrogen-bond donors (Lipinski definition) is 2. The molecule has 0 atom stereocenters. The molecule has 0 aromatic heterocycles. The average molecular weight is 298 g/mol. The lowest BCUT2D eigenvalue weighted by molar-refractivity contribution is 0.0662. The number of benzene rings is 1. The molecule has 0 saturated carbocycles. The van der Waals surface area contributed by atoms with Crippen molar-refractivity contribution < 1.29 is 13.6 Å². The smallest absolute Gasteiger partial charge is 0.254 e. The summed E-state index contributed by atoms with van der Waals surface area (Å²) in [4.78, 5) is 16.1. The van der Waals surface area contributed by atoms with Crippen molar-refractivity contribution in [3.8, 4) is 0 Å². The monoisotopic (exact) mass is 298 g/mol. The van der Waals surface area contributed by atoms with Gasteiger partial charge in [-0.1, -0.05) is 0 Å². The lowest BCUT2D eigenvalue weighted by Crippen LogP contribution is -2.44. The Morgan fingerprint density at radius 1 is 1.29 bits per heavy atom. The molecule has 1 amide bonds. The van der Waals surface area contributed by atoms with Gasteiger partial charge < -0.3 is 15.2 Å². The minimum atomic E-state index is -0.871. The normalized spacial score (nSPS) is 16.4. The molecule has 1 aromatic rings. The molecule has 3 N–H and O–H groups in total. The van der Waals surface area contributed by atoms with Gasteiger partial charge >= 0.3 is 0 Å². The maximum atomic E-state index is 13.6. The Morgan fingerprint density at radius 2 is 1.81 bits per heavy atom. The molecule has 7 heteroatoms. The van der Waals surface area contributed by atoms with Gasteiger partial charge in [-0.2, -0.15) is 0 Å². The maximum absolute atomic E-state index is 13.6. The van der Waals surface area contributed by atoms with Crippen LogP contribution in [0.15, 0.2) is 12.1 Å². The van der Waals surface area contributed by atoms with Gasteiger partial charge in [-0.15, -0.1) is 0 Å². The molecule has 1 saturated heterocycles. The van der Waals surface area contributed by atoms with Gasteiger partial charge in [0.15, 0.2) is 11.6 Å². The maximum Gasteiger partial charge on any atom is 0.254 e. The standard InChI is InChI=1S/C14H20F2N4O/c1-19(2)10-3-5-20(6-4-10)14(21)9-7-11(15)13(18-17)12(16)8-9/h7-8,10,18H,3-6,17H2,1-2H3. The minimum Gasteiger partial charge on any atom is -0.339 e. The molecule has 21 heavy (non-hydrogen) atoms. The van der Waals surface area contributed by atoms with E-state index in [1.807, 2.05) is 19.5 Å². The fraction of sp³-hybridized carbons (Fsp3) is 0.500. The number of nitrogen functional groups attached to an aromatic ring is 1. The Bertz CT molecular complexity index is 505. The van der Waals surface area contributed by atoms with Crippen molar-refractivity contribution in [2.75, 3.05) is 32.6 Å². The van der Waals surface area contributed by atoms with Crippen LogP contribution >= 0.6 is 0 Å². The van der Waals surface area contributed by atoms with Gasteiger partial charge in [0, 0.05) is 24.7 Å². The number of amides is 1. The van der Waals surface area contributed by atoms with E-state index < -0.39 is 17.3 Å². The molecule has 116 valence electrons. The first-order chi connectivity index (χ1) is 9.93. The van der Waals surface area contributed by atoms with Crippen LogP contribution in [0.4, 0.5) is 14.5 Å². The number of piperidine rings is 1. The summed E-state index contributed by atoms with van der Waals surface area (Å²) in [5, 5.41) is 0. The van der Waals surface area contributed by atoms with E-state index in [1.165, 1.54) is 0 Å². The average Bonchev–Trinajstić information content (AvgIpc) is 2.46. The van der Waals surface area contributed by atoms with Crippen molar-refractivity contribution >= 4 is 11.6 Å². The zero-order chi connectivity index (χ0) is 15.6. The quantitative estimate of drug-likeness (QED) is 0.654. The first kappa shape index (κ1) is 15.7. The highest BCUT2D eigenvalue weighted by Crippen LogP contribution is 2.22. The molecule has 1 aromatic carbocycles. The molecule has 0 spiro atoms. The van der Waals surface area contributed by atoms with Gasteiger partial charge in [0.05, 0.1) is 0 Å².